The first-order valence-corrected chi connectivity index (χ1v) is 11.9. The van der Waals surface area contributed by atoms with Crippen LogP contribution in [0.2, 0.25) is 5.02 Å². The molecule has 0 radical (unpaired) electrons. The number of amides is 1. The summed E-state index contributed by atoms with van der Waals surface area (Å²) >= 11 is 6.24. The van der Waals surface area contributed by atoms with E-state index >= 15 is 0 Å². The molecule has 13 heteroatoms. The average molecular weight is 563 g/mol. The Morgan fingerprint density at radius 3 is 2.38 bits per heavy atom. The molecule has 0 saturated carbocycles. The number of nitrogens with one attached hydrogen (secondary N) is 2. The lowest BCUT2D eigenvalue weighted by molar-refractivity contribution is -0.192. The molecule has 1 unspecified atom stereocenters. The van der Waals surface area contributed by atoms with E-state index in [0.717, 1.165) is 28.8 Å². The minimum absolute atomic E-state index is 0.0424. The van der Waals surface area contributed by atoms with Gasteiger partial charge in [-0.2, -0.15) is 18.3 Å². The zero-order chi connectivity index (χ0) is 28.7. The van der Waals surface area contributed by atoms with Crippen molar-refractivity contribution in [1.82, 2.24) is 25.0 Å². The summed E-state index contributed by atoms with van der Waals surface area (Å²) in [6.07, 6.45) is -1.72. The molecule has 4 aromatic rings. The lowest BCUT2D eigenvalue weighted by atomic mass is 10.2. The predicted octanol–water partition coefficient (Wildman–Crippen LogP) is 5.13. The van der Waals surface area contributed by atoms with Gasteiger partial charge < -0.3 is 20.6 Å². The molecule has 4 rings (SSSR count). The van der Waals surface area contributed by atoms with Crippen LogP contribution in [0.5, 0.6) is 0 Å². The van der Waals surface area contributed by atoms with Crippen molar-refractivity contribution in [2.45, 2.75) is 19.1 Å². The number of benzene rings is 2. The number of nitrogens with zero attached hydrogens (tertiary/aromatic N) is 4. The summed E-state index contributed by atoms with van der Waals surface area (Å²) in [7, 11) is 3.95. The zero-order valence-corrected chi connectivity index (χ0v) is 22.0. The van der Waals surface area contributed by atoms with Crippen molar-refractivity contribution in [2.24, 2.45) is 0 Å². The normalized spacial score (nSPS) is 12.0. The minimum Gasteiger partial charge on any atom is -0.475 e. The number of aromatic nitrogens is 3. The third-order valence-electron chi connectivity index (χ3n) is 5.21. The molecular weight excluding hydrogens is 537 g/mol. The largest absolute Gasteiger partial charge is 0.490 e. The molecule has 0 aliphatic rings. The van der Waals surface area contributed by atoms with Gasteiger partial charge in [0.05, 0.1) is 28.0 Å². The van der Waals surface area contributed by atoms with E-state index in [0.29, 0.717) is 16.4 Å². The highest BCUT2D eigenvalue weighted by atomic mass is 35.5. The number of halogens is 4. The number of pyridine rings is 1. The Labute approximate surface area is 227 Å². The van der Waals surface area contributed by atoms with Crippen LogP contribution in [0.3, 0.4) is 0 Å². The molecule has 9 nitrogen and oxygen atoms in total. The van der Waals surface area contributed by atoms with Crippen LogP contribution >= 0.6 is 11.6 Å². The van der Waals surface area contributed by atoms with E-state index in [2.05, 4.69) is 20.7 Å². The number of carboxylic acid groups (broad SMARTS) is 1. The molecule has 39 heavy (non-hydrogen) atoms. The fourth-order valence-electron chi connectivity index (χ4n) is 3.56. The quantitative estimate of drug-likeness (QED) is 0.286. The van der Waals surface area contributed by atoms with E-state index in [-0.39, 0.29) is 11.9 Å². The number of hydrogen-bond donors (Lipinski definition) is 3. The summed E-state index contributed by atoms with van der Waals surface area (Å²) in [6, 6.07) is 17.2. The van der Waals surface area contributed by atoms with Gasteiger partial charge in [-0.05, 0) is 63.5 Å². The standard InChI is InChI=1S/C24H25ClN6O.C2HF3O2/c1-16(15-30(2)3)28-24(32)17-8-11-23(26-13-17)31-22-10-9-19(12-18(22)14-27-31)29-21-7-5-4-6-20(21)25;3-2(4,5)1(6)7/h4-14,16,29H,15H2,1-3H3,(H,28,32);(H,6,7). The van der Waals surface area contributed by atoms with E-state index in [9.17, 15) is 18.0 Å². The monoisotopic (exact) mass is 562 g/mol. The molecule has 2 heterocycles. The predicted molar refractivity (Wildman–Crippen MR) is 143 cm³/mol. The Morgan fingerprint density at radius 1 is 1.10 bits per heavy atom. The number of carbonyl (C=O) groups is 2. The molecule has 1 atom stereocenters. The van der Waals surface area contributed by atoms with E-state index in [1.165, 1.54) is 0 Å². The van der Waals surface area contributed by atoms with E-state index < -0.39 is 12.1 Å². The van der Waals surface area contributed by atoms with Gasteiger partial charge >= 0.3 is 12.1 Å². The first-order valence-electron chi connectivity index (χ1n) is 11.6. The van der Waals surface area contributed by atoms with Crippen molar-refractivity contribution in [3.63, 3.8) is 0 Å². The van der Waals surface area contributed by atoms with Crippen molar-refractivity contribution < 1.29 is 27.9 Å². The number of para-hydroxylation sites is 1. The highest BCUT2D eigenvalue weighted by Crippen LogP contribution is 2.27. The maximum absolute atomic E-state index is 12.4. The van der Waals surface area contributed by atoms with Gasteiger partial charge in [-0.1, -0.05) is 23.7 Å². The smallest absolute Gasteiger partial charge is 0.475 e. The number of carbonyl (C=O) groups excluding carboxylic acids is 1. The summed E-state index contributed by atoms with van der Waals surface area (Å²) < 4.78 is 33.5. The van der Waals surface area contributed by atoms with Crippen molar-refractivity contribution in [2.75, 3.05) is 26.0 Å². The fourth-order valence-corrected chi connectivity index (χ4v) is 3.74. The van der Waals surface area contributed by atoms with Crippen LogP contribution in [0.4, 0.5) is 24.5 Å². The number of likely N-dealkylation sites (N-methyl/N-ethyl adjacent to an activating group) is 1. The Hall–Kier alpha value is -4.16. The van der Waals surface area contributed by atoms with Crippen LogP contribution in [-0.2, 0) is 4.79 Å². The molecule has 0 fully saturated rings. The second-order valence-corrected chi connectivity index (χ2v) is 9.19. The lowest BCUT2D eigenvalue weighted by Crippen LogP contribution is -2.39. The van der Waals surface area contributed by atoms with Crippen molar-refractivity contribution in [3.05, 3.63) is 77.6 Å². The number of rotatable bonds is 7. The van der Waals surface area contributed by atoms with E-state index in [4.69, 9.17) is 21.5 Å². The SMILES string of the molecule is CC(CN(C)C)NC(=O)c1ccc(-n2ncc3cc(Nc4ccccc4Cl)ccc32)nc1.O=C(O)C(F)(F)F. The van der Waals surface area contributed by atoms with Gasteiger partial charge in [0.25, 0.3) is 5.91 Å². The molecular formula is C26H26ClF3N6O3. The summed E-state index contributed by atoms with van der Waals surface area (Å²) in [5, 5.41) is 19.5. The summed E-state index contributed by atoms with van der Waals surface area (Å²) in [6.45, 7) is 2.74. The van der Waals surface area contributed by atoms with Crippen molar-refractivity contribution in [3.8, 4) is 5.82 Å². The first-order chi connectivity index (χ1) is 18.3. The molecule has 0 aliphatic heterocycles. The molecule has 0 aliphatic carbocycles. The van der Waals surface area contributed by atoms with Crippen LogP contribution in [0.25, 0.3) is 16.7 Å². The Balaban J connectivity index is 0.000000532. The number of anilines is 2. The lowest BCUT2D eigenvalue weighted by Gasteiger charge is -2.18. The highest BCUT2D eigenvalue weighted by Gasteiger charge is 2.38. The molecule has 0 bridgehead atoms. The molecule has 2 aromatic heterocycles. The van der Waals surface area contributed by atoms with E-state index in [1.54, 1.807) is 29.2 Å². The van der Waals surface area contributed by atoms with Crippen LogP contribution in [0.15, 0.2) is 67.0 Å². The second-order valence-electron chi connectivity index (χ2n) is 8.78. The van der Waals surface area contributed by atoms with E-state index in [1.807, 2.05) is 68.4 Å². The third-order valence-corrected chi connectivity index (χ3v) is 5.54. The van der Waals surface area contributed by atoms with Crippen LogP contribution in [0.1, 0.15) is 17.3 Å². The highest BCUT2D eigenvalue weighted by molar-refractivity contribution is 6.33. The second kappa shape index (κ2) is 12.6. The maximum atomic E-state index is 12.4. The van der Waals surface area contributed by atoms with Crippen LogP contribution in [-0.4, -0.2) is 69.5 Å². The van der Waals surface area contributed by atoms with Gasteiger partial charge in [-0.25, -0.2) is 14.5 Å². The fraction of sp³-hybridized carbons (Fsp3) is 0.231. The van der Waals surface area contributed by atoms with Gasteiger partial charge in [0.2, 0.25) is 0 Å². The molecule has 206 valence electrons. The number of hydrogen-bond acceptors (Lipinski definition) is 6. The zero-order valence-electron chi connectivity index (χ0n) is 21.2. The average Bonchev–Trinajstić information content (AvgIpc) is 3.28. The van der Waals surface area contributed by atoms with Gasteiger partial charge in [-0.15, -0.1) is 0 Å². The number of alkyl halides is 3. The number of carboxylic acids is 1. The number of fused-ring (bicyclic) bond motifs is 1. The van der Waals surface area contributed by atoms with Gasteiger partial charge in [0.1, 0.15) is 0 Å². The summed E-state index contributed by atoms with van der Waals surface area (Å²) in [5.74, 6) is -2.25. The number of aliphatic carboxylic acids is 1. The molecule has 1 amide bonds. The first kappa shape index (κ1) is 29.4. The Morgan fingerprint density at radius 2 is 1.79 bits per heavy atom. The molecule has 0 spiro atoms. The van der Waals surface area contributed by atoms with Gasteiger partial charge in [0.15, 0.2) is 5.82 Å². The third kappa shape index (κ3) is 8.16. The molecule has 3 N–H and O–H groups in total. The van der Waals surface area contributed by atoms with Gasteiger partial charge in [0, 0.05) is 29.9 Å². The van der Waals surface area contributed by atoms with Crippen molar-refractivity contribution in [1.29, 1.82) is 0 Å². The Kier molecular flexibility index (Phi) is 9.49. The summed E-state index contributed by atoms with van der Waals surface area (Å²) in [5.41, 5.74) is 3.19. The topological polar surface area (TPSA) is 112 Å². The van der Waals surface area contributed by atoms with Crippen molar-refractivity contribution >= 4 is 45.8 Å². The molecule has 0 saturated heterocycles. The maximum Gasteiger partial charge on any atom is 0.490 e. The Bertz CT molecular complexity index is 1440. The molecule has 2 aromatic carbocycles. The summed E-state index contributed by atoms with van der Waals surface area (Å²) in [4.78, 5) is 27.8. The van der Waals surface area contributed by atoms with Crippen LogP contribution < -0.4 is 10.6 Å². The van der Waals surface area contributed by atoms with Crippen LogP contribution in [0, 0.1) is 0 Å². The minimum atomic E-state index is -5.08. The van der Waals surface area contributed by atoms with Gasteiger partial charge in [-0.3, -0.25) is 4.79 Å².